The van der Waals surface area contributed by atoms with Crippen LogP contribution in [-0.4, -0.2) is 17.7 Å². The van der Waals surface area contributed by atoms with Crippen molar-refractivity contribution in [2.75, 3.05) is 6.54 Å². The van der Waals surface area contributed by atoms with Crippen LogP contribution in [0.2, 0.25) is 0 Å². The first kappa shape index (κ1) is 19.1. The van der Waals surface area contributed by atoms with E-state index in [1.54, 1.807) is 12.1 Å². The number of furan rings is 1. The summed E-state index contributed by atoms with van der Waals surface area (Å²) in [5, 5.41) is 2.26. The molecule has 2 aromatic rings. The second kappa shape index (κ2) is 9.28. The molecule has 0 radical (unpaired) electrons. The third kappa shape index (κ3) is 6.27. The quantitative estimate of drug-likeness (QED) is 0.534. The fourth-order valence-corrected chi connectivity index (χ4v) is 2.33. The number of carbonyl (C=O) groups is 2. The SMILES string of the molecule is CC(C)c1ccc(OCc2ccc(C(=O)NCCCC(=O)Cl)o2)cc1. The summed E-state index contributed by atoms with van der Waals surface area (Å²) in [4.78, 5) is 22.5. The molecule has 0 spiro atoms. The number of amides is 1. The van der Waals surface area contributed by atoms with Crippen molar-refractivity contribution in [1.29, 1.82) is 0 Å². The first-order valence-corrected chi connectivity index (χ1v) is 8.61. The van der Waals surface area contributed by atoms with E-state index in [4.69, 9.17) is 20.8 Å². The van der Waals surface area contributed by atoms with Crippen LogP contribution in [0.1, 0.15) is 54.5 Å². The van der Waals surface area contributed by atoms with E-state index in [2.05, 4.69) is 19.2 Å². The Morgan fingerprint density at radius 1 is 1.16 bits per heavy atom. The van der Waals surface area contributed by atoms with Gasteiger partial charge in [0.15, 0.2) is 5.76 Å². The van der Waals surface area contributed by atoms with E-state index >= 15 is 0 Å². The van der Waals surface area contributed by atoms with Gasteiger partial charge in [0.25, 0.3) is 5.91 Å². The lowest BCUT2D eigenvalue weighted by Crippen LogP contribution is -2.24. The summed E-state index contributed by atoms with van der Waals surface area (Å²) < 4.78 is 11.1. The Morgan fingerprint density at radius 3 is 2.52 bits per heavy atom. The van der Waals surface area contributed by atoms with E-state index in [1.165, 1.54) is 5.56 Å². The summed E-state index contributed by atoms with van der Waals surface area (Å²) in [6.07, 6.45) is 0.728. The van der Waals surface area contributed by atoms with E-state index < -0.39 is 5.24 Å². The normalized spacial score (nSPS) is 10.7. The maximum absolute atomic E-state index is 11.9. The van der Waals surface area contributed by atoms with Gasteiger partial charge in [-0.15, -0.1) is 0 Å². The number of halogens is 1. The van der Waals surface area contributed by atoms with Crippen molar-refractivity contribution in [1.82, 2.24) is 5.32 Å². The lowest BCUT2D eigenvalue weighted by molar-refractivity contribution is -0.111. The van der Waals surface area contributed by atoms with E-state index in [1.807, 2.05) is 24.3 Å². The Kier molecular flexibility index (Phi) is 7.07. The summed E-state index contributed by atoms with van der Waals surface area (Å²) in [6.45, 7) is 4.89. The van der Waals surface area contributed by atoms with Gasteiger partial charge in [-0.05, 0) is 53.8 Å². The molecular formula is C19H22ClNO4. The topological polar surface area (TPSA) is 68.5 Å². The van der Waals surface area contributed by atoms with Gasteiger partial charge in [-0.3, -0.25) is 9.59 Å². The van der Waals surface area contributed by atoms with Gasteiger partial charge in [-0.1, -0.05) is 26.0 Å². The zero-order chi connectivity index (χ0) is 18.2. The minimum absolute atomic E-state index is 0.214. The molecule has 1 aromatic carbocycles. The van der Waals surface area contributed by atoms with E-state index in [0.29, 0.717) is 24.6 Å². The lowest BCUT2D eigenvalue weighted by Gasteiger charge is -2.08. The summed E-state index contributed by atoms with van der Waals surface area (Å²) in [5.74, 6) is 1.68. The van der Waals surface area contributed by atoms with Crippen LogP contribution >= 0.6 is 11.6 Å². The number of benzene rings is 1. The molecule has 1 heterocycles. The van der Waals surface area contributed by atoms with Crippen LogP contribution in [0.5, 0.6) is 5.75 Å². The molecule has 0 aliphatic heterocycles. The fraction of sp³-hybridized carbons (Fsp3) is 0.368. The number of hydrogen-bond donors (Lipinski definition) is 1. The lowest BCUT2D eigenvalue weighted by atomic mass is 10.0. The molecule has 0 saturated carbocycles. The molecule has 134 valence electrons. The molecule has 0 fully saturated rings. The molecule has 0 bridgehead atoms. The van der Waals surface area contributed by atoms with Gasteiger partial charge in [0.2, 0.25) is 5.24 Å². The van der Waals surface area contributed by atoms with Crippen molar-refractivity contribution < 1.29 is 18.7 Å². The van der Waals surface area contributed by atoms with Crippen LogP contribution in [-0.2, 0) is 11.4 Å². The van der Waals surface area contributed by atoms with Crippen molar-refractivity contribution in [2.45, 2.75) is 39.2 Å². The Bertz CT molecular complexity index is 706. The predicted molar refractivity (Wildman–Crippen MR) is 96.0 cm³/mol. The van der Waals surface area contributed by atoms with Gasteiger partial charge < -0.3 is 14.5 Å². The standard InChI is InChI=1S/C19H22ClNO4/c1-13(2)14-5-7-15(8-6-14)24-12-16-9-10-17(25-16)19(23)21-11-3-4-18(20)22/h5-10,13H,3-4,11-12H2,1-2H3,(H,21,23). The molecule has 0 aliphatic carbocycles. The number of ether oxygens (including phenoxy) is 1. The molecule has 5 nitrogen and oxygen atoms in total. The minimum atomic E-state index is -0.409. The number of rotatable bonds is 9. The molecule has 0 saturated heterocycles. The second-order valence-corrected chi connectivity index (χ2v) is 6.41. The van der Waals surface area contributed by atoms with Crippen LogP contribution in [0.3, 0.4) is 0 Å². The van der Waals surface area contributed by atoms with Crippen LogP contribution in [0.25, 0.3) is 0 Å². The summed E-state index contributed by atoms with van der Waals surface area (Å²) in [6, 6.07) is 11.2. The van der Waals surface area contributed by atoms with Gasteiger partial charge >= 0.3 is 0 Å². The molecule has 0 atom stereocenters. The molecule has 1 aromatic heterocycles. The highest BCUT2D eigenvalue weighted by atomic mass is 35.5. The molecule has 0 unspecified atom stereocenters. The van der Waals surface area contributed by atoms with Gasteiger partial charge in [0.1, 0.15) is 18.1 Å². The predicted octanol–water partition coefficient (Wildman–Crippen LogP) is 4.26. The largest absolute Gasteiger partial charge is 0.486 e. The zero-order valence-electron chi connectivity index (χ0n) is 14.4. The average Bonchev–Trinajstić information content (AvgIpc) is 3.06. The maximum Gasteiger partial charge on any atom is 0.286 e. The smallest absolute Gasteiger partial charge is 0.286 e. The van der Waals surface area contributed by atoms with Crippen molar-refractivity contribution in [3.8, 4) is 5.75 Å². The highest BCUT2D eigenvalue weighted by Crippen LogP contribution is 2.20. The first-order valence-electron chi connectivity index (χ1n) is 8.23. The number of carbonyl (C=O) groups excluding carboxylic acids is 2. The van der Waals surface area contributed by atoms with Crippen molar-refractivity contribution >= 4 is 22.8 Å². The highest BCUT2D eigenvalue weighted by Gasteiger charge is 2.11. The summed E-state index contributed by atoms with van der Waals surface area (Å²) in [5.41, 5.74) is 1.25. The number of nitrogens with one attached hydrogen (secondary N) is 1. The Hall–Kier alpha value is -2.27. The monoisotopic (exact) mass is 363 g/mol. The maximum atomic E-state index is 11.9. The molecule has 25 heavy (non-hydrogen) atoms. The fourth-order valence-electron chi connectivity index (χ4n) is 2.20. The van der Waals surface area contributed by atoms with Gasteiger partial charge in [0, 0.05) is 13.0 Å². The van der Waals surface area contributed by atoms with Gasteiger partial charge in [-0.2, -0.15) is 0 Å². The Morgan fingerprint density at radius 2 is 1.88 bits per heavy atom. The van der Waals surface area contributed by atoms with Crippen LogP contribution in [0.15, 0.2) is 40.8 Å². The minimum Gasteiger partial charge on any atom is -0.486 e. The third-order valence-corrected chi connectivity index (χ3v) is 3.84. The average molecular weight is 364 g/mol. The Labute approximate surface area is 152 Å². The van der Waals surface area contributed by atoms with Crippen LogP contribution in [0.4, 0.5) is 0 Å². The van der Waals surface area contributed by atoms with E-state index in [0.717, 1.165) is 5.75 Å². The van der Waals surface area contributed by atoms with Crippen LogP contribution in [0, 0.1) is 0 Å². The van der Waals surface area contributed by atoms with Crippen LogP contribution < -0.4 is 10.1 Å². The van der Waals surface area contributed by atoms with Crippen molar-refractivity contribution in [3.63, 3.8) is 0 Å². The van der Waals surface area contributed by atoms with Crippen molar-refractivity contribution in [2.24, 2.45) is 0 Å². The summed E-state index contributed by atoms with van der Waals surface area (Å²) in [7, 11) is 0. The molecular weight excluding hydrogens is 342 g/mol. The Balaban J connectivity index is 1.80. The zero-order valence-corrected chi connectivity index (χ0v) is 15.1. The van der Waals surface area contributed by atoms with Gasteiger partial charge in [-0.25, -0.2) is 0 Å². The molecule has 2 rings (SSSR count). The first-order chi connectivity index (χ1) is 12.0. The number of hydrogen-bond acceptors (Lipinski definition) is 4. The van der Waals surface area contributed by atoms with Gasteiger partial charge in [0.05, 0.1) is 0 Å². The molecule has 0 aliphatic rings. The van der Waals surface area contributed by atoms with E-state index in [-0.39, 0.29) is 24.7 Å². The molecule has 1 N–H and O–H groups in total. The molecule has 1 amide bonds. The van der Waals surface area contributed by atoms with Crippen molar-refractivity contribution in [3.05, 3.63) is 53.5 Å². The molecule has 6 heteroatoms. The third-order valence-electron chi connectivity index (χ3n) is 3.65. The summed E-state index contributed by atoms with van der Waals surface area (Å²) >= 11 is 5.24. The second-order valence-electron chi connectivity index (χ2n) is 5.99. The van der Waals surface area contributed by atoms with E-state index in [9.17, 15) is 9.59 Å². The highest BCUT2D eigenvalue weighted by molar-refractivity contribution is 6.63.